The second kappa shape index (κ2) is 6.81. The number of aliphatic carboxylic acids is 1. The number of carbonyl (C=O) groups is 2. The molecular formula is C17H23NO4. The third kappa shape index (κ3) is 3.40. The van der Waals surface area contributed by atoms with Gasteiger partial charge in [0.15, 0.2) is 0 Å². The molecule has 0 aromatic heterocycles. The van der Waals surface area contributed by atoms with E-state index in [1.165, 1.54) is 4.90 Å². The largest absolute Gasteiger partial charge is 0.481 e. The maximum absolute atomic E-state index is 12.2. The van der Waals surface area contributed by atoms with Crippen molar-refractivity contribution < 1.29 is 19.4 Å². The lowest BCUT2D eigenvalue weighted by atomic mass is 9.71. The maximum Gasteiger partial charge on any atom is 0.410 e. The molecule has 0 unspecified atom stereocenters. The summed E-state index contributed by atoms with van der Waals surface area (Å²) >= 11 is 0. The van der Waals surface area contributed by atoms with Crippen LogP contribution in [-0.4, -0.2) is 35.2 Å². The normalized spacial score (nSPS) is 21.7. The van der Waals surface area contributed by atoms with Crippen LogP contribution in [0.5, 0.6) is 0 Å². The summed E-state index contributed by atoms with van der Waals surface area (Å²) in [7, 11) is 0. The summed E-state index contributed by atoms with van der Waals surface area (Å²) in [4.78, 5) is 25.4. The third-order valence-electron chi connectivity index (χ3n) is 4.52. The highest BCUT2D eigenvalue weighted by atomic mass is 16.6. The number of carbonyl (C=O) groups excluding carboxylic acids is 1. The first kappa shape index (κ1) is 16.3. The van der Waals surface area contributed by atoms with Crippen LogP contribution in [0.4, 0.5) is 4.79 Å². The van der Waals surface area contributed by atoms with Crippen molar-refractivity contribution in [2.75, 3.05) is 13.1 Å². The van der Waals surface area contributed by atoms with Gasteiger partial charge in [-0.15, -0.1) is 0 Å². The van der Waals surface area contributed by atoms with Gasteiger partial charge in [0.1, 0.15) is 6.61 Å². The quantitative estimate of drug-likeness (QED) is 0.928. The van der Waals surface area contributed by atoms with Gasteiger partial charge in [0.2, 0.25) is 0 Å². The molecule has 22 heavy (non-hydrogen) atoms. The number of amides is 1. The van der Waals surface area contributed by atoms with Gasteiger partial charge in [-0.3, -0.25) is 4.79 Å². The Bertz CT molecular complexity index is 529. The molecule has 1 heterocycles. The minimum atomic E-state index is -0.871. The van der Waals surface area contributed by atoms with Crippen molar-refractivity contribution >= 4 is 12.1 Å². The second-order valence-corrected chi connectivity index (χ2v) is 6.18. The van der Waals surface area contributed by atoms with Gasteiger partial charge in [-0.25, -0.2) is 4.79 Å². The van der Waals surface area contributed by atoms with Gasteiger partial charge in [-0.2, -0.15) is 0 Å². The van der Waals surface area contributed by atoms with Crippen LogP contribution in [0.3, 0.4) is 0 Å². The van der Waals surface area contributed by atoms with Gasteiger partial charge in [0, 0.05) is 13.1 Å². The van der Waals surface area contributed by atoms with Crippen LogP contribution in [-0.2, 0) is 16.1 Å². The number of piperidine rings is 1. The first-order chi connectivity index (χ1) is 10.5. The number of likely N-dealkylation sites (tertiary alicyclic amines) is 1. The van der Waals surface area contributed by atoms with Crippen LogP contribution in [0.1, 0.15) is 32.3 Å². The fourth-order valence-corrected chi connectivity index (χ4v) is 2.94. The number of benzene rings is 1. The molecule has 1 saturated heterocycles. The fourth-order valence-electron chi connectivity index (χ4n) is 2.94. The number of rotatable bonds is 4. The highest BCUT2D eigenvalue weighted by Crippen LogP contribution is 2.37. The van der Waals surface area contributed by atoms with Crippen molar-refractivity contribution in [1.82, 2.24) is 4.90 Å². The van der Waals surface area contributed by atoms with E-state index in [1.54, 1.807) is 0 Å². The summed E-state index contributed by atoms with van der Waals surface area (Å²) in [6.07, 6.45) is 0.850. The molecule has 1 N–H and O–H groups in total. The number of ether oxygens (including phenoxy) is 1. The standard InChI is InChI=1S/C17H23NO4/c1-13(2)17(15(19)20)9-6-10-18(12-17)16(21)22-11-14-7-4-3-5-8-14/h3-5,7-8,13H,6,9-12H2,1-2H3,(H,19,20)/t17-/m0/s1. The van der Waals surface area contributed by atoms with Gasteiger partial charge in [-0.1, -0.05) is 44.2 Å². The monoisotopic (exact) mass is 305 g/mol. The Morgan fingerprint density at radius 3 is 2.59 bits per heavy atom. The summed E-state index contributed by atoms with van der Waals surface area (Å²) in [6, 6.07) is 9.45. The van der Waals surface area contributed by atoms with Crippen LogP contribution in [0.25, 0.3) is 0 Å². The zero-order valence-corrected chi connectivity index (χ0v) is 13.1. The van der Waals surface area contributed by atoms with E-state index in [9.17, 15) is 14.7 Å². The van der Waals surface area contributed by atoms with E-state index < -0.39 is 17.5 Å². The number of nitrogens with zero attached hydrogens (tertiary/aromatic N) is 1. The van der Waals surface area contributed by atoms with Gasteiger partial charge in [-0.05, 0) is 24.3 Å². The van der Waals surface area contributed by atoms with Gasteiger partial charge in [0.25, 0.3) is 0 Å². The van der Waals surface area contributed by atoms with Crippen molar-refractivity contribution in [1.29, 1.82) is 0 Å². The average Bonchev–Trinajstić information content (AvgIpc) is 2.53. The minimum absolute atomic E-state index is 0.0327. The van der Waals surface area contributed by atoms with E-state index in [0.29, 0.717) is 19.4 Å². The van der Waals surface area contributed by atoms with Crippen LogP contribution in [0.15, 0.2) is 30.3 Å². The minimum Gasteiger partial charge on any atom is -0.481 e. The highest BCUT2D eigenvalue weighted by Gasteiger charge is 2.46. The molecule has 1 atom stereocenters. The number of hydrogen-bond donors (Lipinski definition) is 1. The first-order valence-electron chi connectivity index (χ1n) is 7.65. The fraction of sp³-hybridized carbons (Fsp3) is 0.529. The molecule has 120 valence electrons. The van der Waals surface area contributed by atoms with E-state index in [2.05, 4.69) is 0 Å². The number of carboxylic acids is 1. The molecule has 1 aromatic carbocycles. The van der Waals surface area contributed by atoms with E-state index in [-0.39, 0.29) is 19.1 Å². The van der Waals surface area contributed by atoms with E-state index >= 15 is 0 Å². The molecule has 0 aliphatic carbocycles. The van der Waals surface area contributed by atoms with E-state index in [4.69, 9.17) is 4.74 Å². The molecule has 1 amide bonds. The number of hydrogen-bond acceptors (Lipinski definition) is 3. The molecule has 0 bridgehead atoms. The lowest BCUT2D eigenvalue weighted by Gasteiger charge is -2.41. The molecule has 0 saturated carbocycles. The Balaban J connectivity index is 1.99. The Morgan fingerprint density at radius 2 is 2.00 bits per heavy atom. The molecule has 2 rings (SSSR count). The Kier molecular flexibility index (Phi) is 5.06. The smallest absolute Gasteiger partial charge is 0.410 e. The molecule has 5 heteroatoms. The van der Waals surface area contributed by atoms with Gasteiger partial charge in [0.05, 0.1) is 5.41 Å². The van der Waals surface area contributed by atoms with E-state index in [1.807, 2.05) is 44.2 Å². The Hall–Kier alpha value is -2.04. The van der Waals surface area contributed by atoms with Crippen LogP contribution in [0, 0.1) is 11.3 Å². The maximum atomic E-state index is 12.2. The average molecular weight is 305 g/mol. The topological polar surface area (TPSA) is 66.8 Å². The molecule has 1 aliphatic rings. The molecule has 1 aliphatic heterocycles. The molecule has 5 nitrogen and oxygen atoms in total. The van der Waals surface area contributed by atoms with Crippen LogP contribution in [0.2, 0.25) is 0 Å². The molecule has 1 fully saturated rings. The predicted molar refractivity (Wildman–Crippen MR) is 82.3 cm³/mol. The first-order valence-corrected chi connectivity index (χ1v) is 7.65. The van der Waals surface area contributed by atoms with Gasteiger partial charge >= 0.3 is 12.1 Å². The Morgan fingerprint density at radius 1 is 1.32 bits per heavy atom. The zero-order chi connectivity index (χ0) is 16.2. The van der Waals surface area contributed by atoms with Crippen molar-refractivity contribution in [3.8, 4) is 0 Å². The van der Waals surface area contributed by atoms with Crippen LogP contribution >= 0.6 is 0 Å². The summed E-state index contributed by atoms with van der Waals surface area (Å²) in [6.45, 7) is 4.76. The van der Waals surface area contributed by atoms with Crippen molar-refractivity contribution in [3.05, 3.63) is 35.9 Å². The third-order valence-corrected chi connectivity index (χ3v) is 4.52. The SMILES string of the molecule is CC(C)[C@]1(C(=O)O)CCCN(C(=O)OCc2ccccc2)C1. The predicted octanol–water partition coefficient (Wildman–Crippen LogP) is 3.15. The second-order valence-electron chi connectivity index (χ2n) is 6.18. The summed E-state index contributed by atoms with van der Waals surface area (Å²) in [5, 5.41) is 9.59. The molecular weight excluding hydrogens is 282 g/mol. The molecule has 0 radical (unpaired) electrons. The molecule has 0 spiro atoms. The van der Waals surface area contributed by atoms with Crippen molar-refractivity contribution in [3.63, 3.8) is 0 Å². The highest BCUT2D eigenvalue weighted by molar-refractivity contribution is 5.77. The van der Waals surface area contributed by atoms with Crippen LogP contribution < -0.4 is 0 Å². The van der Waals surface area contributed by atoms with E-state index in [0.717, 1.165) is 5.56 Å². The summed E-state index contributed by atoms with van der Waals surface area (Å²) in [5.74, 6) is -0.863. The van der Waals surface area contributed by atoms with Crippen molar-refractivity contribution in [2.45, 2.75) is 33.3 Å². The van der Waals surface area contributed by atoms with Gasteiger partial charge < -0.3 is 14.7 Å². The zero-order valence-electron chi connectivity index (χ0n) is 13.1. The lowest BCUT2D eigenvalue weighted by Crippen LogP contribution is -2.52. The number of carboxylic acid groups (broad SMARTS) is 1. The lowest BCUT2D eigenvalue weighted by molar-refractivity contribution is -0.155. The molecule has 1 aromatic rings. The summed E-state index contributed by atoms with van der Waals surface area (Å²) < 4.78 is 5.31. The Labute approximate surface area is 130 Å². The van der Waals surface area contributed by atoms with Crippen molar-refractivity contribution in [2.24, 2.45) is 11.3 Å². The summed E-state index contributed by atoms with van der Waals surface area (Å²) in [5.41, 5.74) is 0.0468.